The number of hydrogen-bond acceptors (Lipinski definition) is 2. The van der Waals surface area contributed by atoms with Crippen molar-refractivity contribution in [2.45, 2.75) is 19.9 Å². The van der Waals surface area contributed by atoms with Crippen LogP contribution in [0.3, 0.4) is 0 Å². The van der Waals surface area contributed by atoms with Gasteiger partial charge in [0.25, 0.3) is 0 Å². The van der Waals surface area contributed by atoms with Crippen molar-refractivity contribution in [3.63, 3.8) is 0 Å². The molecule has 2 aromatic rings. The molecule has 0 aliphatic heterocycles. The van der Waals surface area contributed by atoms with Crippen LogP contribution in [0.4, 0.5) is 4.39 Å². The molecule has 0 bridgehead atoms. The van der Waals surface area contributed by atoms with Crippen LogP contribution < -0.4 is 10.1 Å². The minimum absolute atomic E-state index is 0.0288. The van der Waals surface area contributed by atoms with Gasteiger partial charge in [-0.1, -0.05) is 35.0 Å². The fraction of sp³-hybridized carbons (Fsp3) is 0.250. The first kappa shape index (κ1) is 15.0. The Morgan fingerprint density at radius 1 is 1.20 bits per heavy atom. The molecule has 2 nitrogen and oxygen atoms in total. The van der Waals surface area contributed by atoms with Crippen LogP contribution in [-0.2, 0) is 0 Å². The van der Waals surface area contributed by atoms with E-state index in [4.69, 9.17) is 4.74 Å². The molecule has 20 heavy (non-hydrogen) atoms. The summed E-state index contributed by atoms with van der Waals surface area (Å²) in [6.45, 7) is 4.83. The molecule has 2 aromatic carbocycles. The number of rotatable bonds is 5. The second-order valence-corrected chi connectivity index (χ2v) is 5.41. The Hall–Kier alpha value is -1.39. The second-order valence-electron chi connectivity index (χ2n) is 4.49. The standard InChI is InChI=1S/C16H17BrFNO/c1-3-19-11(2)14-5-4-6-15(18)16(14)20-13-9-7-12(17)8-10-13/h4-11,19H,3H2,1-2H3. The van der Waals surface area contributed by atoms with E-state index in [-0.39, 0.29) is 17.6 Å². The lowest BCUT2D eigenvalue weighted by molar-refractivity contribution is 0.426. The molecule has 4 heteroatoms. The number of nitrogens with one attached hydrogen (secondary N) is 1. The first-order chi connectivity index (χ1) is 9.61. The lowest BCUT2D eigenvalue weighted by Gasteiger charge is -2.18. The van der Waals surface area contributed by atoms with Crippen molar-refractivity contribution in [2.24, 2.45) is 0 Å². The van der Waals surface area contributed by atoms with Gasteiger partial charge >= 0.3 is 0 Å². The molecule has 0 spiro atoms. The smallest absolute Gasteiger partial charge is 0.167 e. The van der Waals surface area contributed by atoms with Gasteiger partial charge in [0.05, 0.1) is 0 Å². The number of ether oxygens (including phenoxy) is 1. The quantitative estimate of drug-likeness (QED) is 0.824. The molecule has 0 heterocycles. The zero-order chi connectivity index (χ0) is 14.5. The maximum Gasteiger partial charge on any atom is 0.167 e. The van der Waals surface area contributed by atoms with Gasteiger partial charge in [-0.05, 0) is 43.8 Å². The van der Waals surface area contributed by atoms with Crippen LogP contribution in [0.15, 0.2) is 46.9 Å². The van der Waals surface area contributed by atoms with E-state index >= 15 is 0 Å². The van der Waals surface area contributed by atoms with Crippen LogP contribution in [-0.4, -0.2) is 6.54 Å². The number of halogens is 2. The second kappa shape index (κ2) is 6.86. The SMILES string of the molecule is CCNC(C)c1cccc(F)c1Oc1ccc(Br)cc1. The Labute approximate surface area is 127 Å². The summed E-state index contributed by atoms with van der Waals surface area (Å²) >= 11 is 3.36. The summed E-state index contributed by atoms with van der Waals surface area (Å²) in [5.41, 5.74) is 0.815. The molecule has 1 atom stereocenters. The van der Waals surface area contributed by atoms with Gasteiger partial charge in [-0.25, -0.2) is 4.39 Å². The summed E-state index contributed by atoms with van der Waals surface area (Å²) in [4.78, 5) is 0. The van der Waals surface area contributed by atoms with E-state index in [1.807, 2.05) is 32.0 Å². The molecule has 1 N–H and O–H groups in total. The minimum Gasteiger partial charge on any atom is -0.454 e. The van der Waals surface area contributed by atoms with Crippen molar-refractivity contribution in [3.8, 4) is 11.5 Å². The molecule has 106 valence electrons. The van der Waals surface area contributed by atoms with Gasteiger partial charge in [0, 0.05) is 16.1 Å². The van der Waals surface area contributed by atoms with Gasteiger partial charge in [0.2, 0.25) is 0 Å². The van der Waals surface area contributed by atoms with E-state index in [2.05, 4.69) is 21.2 Å². The van der Waals surface area contributed by atoms with Gasteiger partial charge < -0.3 is 10.1 Å². The number of benzene rings is 2. The predicted octanol–water partition coefficient (Wildman–Crippen LogP) is 5.05. The summed E-state index contributed by atoms with van der Waals surface area (Å²) < 4.78 is 20.7. The molecule has 0 aromatic heterocycles. The third-order valence-corrected chi connectivity index (χ3v) is 3.54. The van der Waals surface area contributed by atoms with Crippen LogP contribution >= 0.6 is 15.9 Å². The monoisotopic (exact) mass is 337 g/mol. The molecule has 0 fully saturated rings. The summed E-state index contributed by atoms with van der Waals surface area (Å²) in [6.07, 6.45) is 0. The molecule has 1 unspecified atom stereocenters. The minimum atomic E-state index is -0.352. The highest BCUT2D eigenvalue weighted by Crippen LogP contribution is 2.32. The first-order valence-electron chi connectivity index (χ1n) is 6.57. The highest BCUT2D eigenvalue weighted by molar-refractivity contribution is 9.10. The maximum atomic E-state index is 14.1. The Kier molecular flexibility index (Phi) is 5.15. The molecule has 0 aliphatic rings. The zero-order valence-electron chi connectivity index (χ0n) is 11.5. The van der Waals surface area contributed by atoms with Gasteiger partial charge in [-0.3, -0.25) is 0 Å². The van der Waals surface area contributed by atoms with E-state index < -0.39 is 0 Å². The average Bonchev–Trinajstić information content (AvgIpc) is 2.43. The highest BCUT2D eigenvalue weighted by atomic mass is 79.9. The van der Waals surface area contributed by atoms with Crippen molar-refractivity contribution in [1.82, 2.24) is 5.32 Å². The fourth-order valence-corrected chi connectivity index (χ4v) is 2.28. The Bertz CT molecular complexity index is 571. The maximum absolute atomic E-state index is 14.1. The summed E-state index contributed by atoms with van der Waals surface area (Å²) in [5.74, 6) is 0.543. The number of hydrogen-bond donors (Lipinski definition) is 1. The highest BCUT2D eigenvalue weighted by Gasteiger charge is 2.15. The first-order valence-corrected chi connectivity index (χ1v) is 7.36. The van der Waals surface area contributed by atoms with Gasteiger partial charge in [0.15, 0.2) is 11.6 Å². The molecular weight excluding hydrogens is 321 g/mol. The Morgan fingerprint density at radius 3 is 2.55 bits per heavy atom. The molecule has 2 rings (SSSR count). The topological polar surface area (TPSA) is 21.3 Å². The summed E-state index contributed by atoms with van der Waals surface area (Å²) in [6, 6.07) is 12.4. The molecule has 0 radical (unpaired) electrons. The predicted molar refractivity (Wildman–Crippen MR) is 82.7 cm³/mol. The van der Waals surface area contributed by atoms with Crippen molar-refractivity contribution in [2.75, 3.05) is 6.54 Å². The van der Waals surface area contributed by atoms with E-state index in [1.54, 1.807) is 18.2 Å². The molecule has 0 saturated carbocycles. The summed E-state index contributed by atoms with van der Waals surface area (Å²) in [5, 5.41) is 3.27. The third kappa shape index (κ3) is 3.58. The van der Waals surface area contributed by atoms with Crippen LogP contribution in [0.2, 0.25) is 0 Å². The van der Waals surface area contributed by atoms with Crippen LogP contribution in [0.25, 0.3) is 0 Å². The van der Waals surface area contributed by atoms with Crippen LogP contribution in [0, 0.1) is 5.82 Å². The number of para-hydroxylation sites is 1. The lowest BCUT2D eigenvalue weighted by Crippen LogP contribution is -2.18. The summed E-state index contributed by atoms with van der Waals surface area (Å²) in [7, 11) is 0. The van der Waals surface area contributed by atoms with E-state index in [9.17, 15) is 4.39 Å². The Balaban J connectivity index is 2.32. The molecule has 0 amide bonds. The van der Waals surface area contributed by atoms with Crippen molar-refractivity contribution in [1.29, 1.82) is 0 Å². The van der Waals surface area contributed by atoms with E-state index in [0.717, 1.165) is 16.6 Å². The molecular formula is C16H17BrFNO. The Morgan fingerprint density at radius 2 is 1.90 bits per heavy atom. The third-order valence-electron chi connectivity index (χ3n) is 3.01. The molecule has 0 aliphatic carbocycles. The van der Waals surface area contributed by atoms with Gasteiger partial charge in [-0.15, -0.1) is 0 Å². The van der Waals surface area contributed by atoms with Crippen LogP contribution in [0.1, 0.15) is 25.5 Å². The lowest BCUT2D eigenvalue weighted by atomic mass is 10.1. The van der Waals surface area contributed by atoms with Crippen LogP contribution in [0.5, 0.6) is 11.5 Å². The average molecular weight is 338 g/mol. The van der Waals surface area contributed by atoms with Crippen molar-refractivity contribution < 1.29 is 9.13 Å². The van der Waals surface area contributed by atoms with Gasteiger partial charge in [0.1, 0.15) is 5.75 Å². The van der Waals surface area contributed by atoms with Gasteiger partial charge in [-0.2, -0.15) is 0 Å². The zero-order valence-corrected chi connectivity index (χ0v) is 13.1. The largest absolute Gasteiger partial charge is 0.454 e. The van der Waals surface area contributed by atoms with E-state index in [1.165, 1.54) is 6.07 Å². The van der Waals surface area contributed by atoms with Crippen molar-refractivity contribution in [3.05, 3.63) is 58.3 Å². The molecule has 0 saturated heterocycles. The van der Waals surface area contributed by atoms with E-state index in [0.29, 0.717) is 5.75 Å². The van der Waals surface area contributed by atoms with Crippen molar-refractivity contribution >= 4 is 15.9 Å². The normalized spacial score (nSPS) is 12.2. The fourth-order valence-electron chi connectivity index (χ4n) is 2.01.